The molecule has 1 unspecified atom stereocenters. The van der Waals surface area contributed by atoms with Gasteiger partial charge in [0, 0.05) is 11.4 Å². The van der Waals surface area contributed by atoms with Crippen LogP contribution in [-0.2, 0) is 11.2 Å². The Morgan fingerprint density at radius 1 is 1.39 bits per heavy atom. The number of aliphatic hydroxyl groups excluding tert-OH is 1. The summed E-state index contributed by atoms with van der Waals surface area (Å²) < 4.78 is 0. The largest absolute Gasteiger partial charge is 0.393 e. The van der Waals surface area contributed by atoms with Crippen molar-refractivity contribution in [3.05, 3.63) is 17.0 Å². The molecule has 1 atom stereocenters. The Bertz CT molecular complexity index is 455. The molecule has 1 aliphatic heterocycles. The van der Waals surface area contributed by atoms with E-state index in [2.05, 4.69) is 16.9 Å². The first kappa shape index (κ1) is 13.3. The Kier molecular flexibility index (Phi) is 3.87. The van der Waals surface area contributed by atoms with Crippen molar-refractivity contribution < 1.29 is 9.90 Å². The molecule has 1 N–H and O–H groups in total. The number of anilines is 1. The van der Waals surface area contributed by atoms with Gasteiger partial charge in [-0.15, -0.1) is 11.8 Å². The zero-order valence-corrected chi connectivity index (χ0v) is 11.6. The zero-order chi connectivity index (χ0) is 13.3. The summed E-state index contributed by atoms with van der Waals surface area (Å²) in [7, 11) is 0. The van der Waals surface area contributed by atoms with Gasteiger partial charge in [-0.05, 0) is 25.8 Å². The lowest BCUT2D eigenvalue weighted by molar-refractivity contribution is -0.116. The maximum atomic E-state index is 11.8. The first-order chi connectivity index (χ1) is 8.58. The standard InChI is InChI=1S/C12H17N3O2S/c1-4-9-7(2)13-12(14-8(9)3)15-10(17)6-18-11(15)5-16/h11,16H,4-6H2,1-3H3. The number of thioether (sulfide) groups is 1. The lowest BCUT2D eigenvalue weighted by Gasteiger charge is -2.21. The summed E-state index contributed by atoms with van der Waals surface area (Å²) in [6, 6.07) is 0. The van der Waals surface area contributed by atoms with Crippen LogP contribution in [0.2, 0.25) is 0 Å². The molecule has 6 heteroatoms. The SMILES string of the molecule is CCc1c(C)nc(N2C(=O)CSC2CO)nc1C. The molecule has 18 heavy (non-hydrogen) atoms. The first-order valence-corrected chi connectivity index (χ1v) is 7.02. The van der Waals surface area contributed by atoms with E-state index in [4.69, 9.17) is 0 Å². The minimum absolute atomic E-state index is 0.0397. The third-order valence-corrected chi connectivity index (χ3v) is 4.25. The molecule has 1 aliphatic rings. The van der Waals surface area contributed by atoms with Gasteiger partial charge in [-0.25, -0.2) is 9.97 Å². The van der Waals surface area contributed by atoms with Gasteiger partial charge in [-0.1, -0.05) is 6.92 Å². The van der Waals surface area contributed by atoms with Gasteiger partial charge in [0.05, 0.1) is 12.4 Å². The summed E-state index contributed by atoms with van der Waals surface area (Å²) in [4.78, 5) is 22.1. The molecule has 2 rings (SSSR count). The molecule has 1 saturated heterocycles. The van der Waals surface area contributed by atoms with Gasteiger partial charge in [0.1, 0.15) is 5.37 Å². The van der Waals surface area contributed by atoms with E-state index in [1.807, 2.05) is 13.8 Å². The third kappa shape index (κ3) is 2.22. The molecule has 0 aliphatic carbocycles. The van der Waals surface area contributed by atoms with Crippen molar-refractivity contribution in [3.8, 4) is 0 Å². The second-order valence-electron chi connectivity index (χ2n) is 4.24. The van der Waals surface area contributed by atoms with Gasteiger partial charge < -0.3 is 5.11 Å². The Labute approximate surface area is 111 Å². The minimum atomic E-state index is -0.260. The van der Waals surface area contributed by atoms with Gasteiger partial charge in [0.15, 0.2) is 0 Å². The Balaban J connectivity index is 2.42. The molecule has 1 aromatic heterocycles. The number of amides is 1. The molecule has 0 radical (unpaired) electrons. The second-order valence-corrected chi connectivity index (χ2v) is 5.40. The fourth-order valence-corrected chi connectivity index (χ4v) is 3.13. The summed E-state index contributed by atoms with van der Waals surface area (Å²) in [5, 5.41) is 9.02. The van der Waals surface area contributed by atoms with Crippen molar-refractivity contribution in [2.45, 2.75) is 32.6 Å². The van der Waals surface area contributed by atoms with E-state index in [-0.39, 0.29) is 17.9 Å². The van der Waals surface area contributed by atoms with Crippen LogP contribution in [0.1, 0.15) is 23.9 Å². The number of aromatic nitrogens is 2. The summed E-state index contributed by atoms with van der Waals surface area (Å²) >= 11 is 1.42. The molecule has 0 bridgehead atoms. The van der Waals surface area contributed by atoms with Crippen molar-refractivity contribution in [2.75, 3.05) is 17.3 Å². The highest BCUT2D eigenvalue weighted by Gasteiger charge is 2.34. The lowest BCUT2D eigenvalue weighted by Crippen LogP contribution is -2.36. The summed E-state index contributed by atoms with van der Waals surface area (Å²) in [6.45, 7) is 5.84. The number of aryl methyl sites for hydroxylation is 2. The molecule has 5 nitrogen and oxygen atoms in total. The molecule has 1 amide bonds. The van der Waals surface area contributed by atoms with E-state index in [9.17, 15) is 9.90 Å². The van der Waals surface area contributed by atoms with E-state index in [1.54, 1.807) is 0 Å². The molecule has 1 fully saturated rings. The third-order valence-electron chi connectivity index (χ3n) is 3.09. The number of aliphatic hydroxyl groups is 1. The van der Waals surface area contributed by atoms with Crippen LogP contribution in [0, 0.1) is 13.8 Å². The number of hydrogen-bond acceptors (Lipinski definition) is 5. The molecular formula is C12H17N3O2S. The van der Waals surface area contributed by atoms with Crippen LogP contribution in [0.25, 0.3) is 0 Å². The van der Waals surface area contributed by atoms with Crippen LogP contribution < -0.4 is 4.90 Å². The monoisotopic (exact) mass is 267 g/mol. The summed E-state index contributed by atoms with van der Waals surface area (Å²) in [5.74, 6) is 0.751. The predicted molar refractivity (Wildman–Crippen MR) is 71.7 cm³/mol. The molecular weight excluding hydrogens is 250 g/mol. The number of hydrogen-bond donors (Lipinski definition) is 1. The van der Waals surface area contributed by atoms with Crippen molar-refractivity contribution in [1.29, 1.82) is 0 Å². The Morgan fingerprint density at radius 2 is 2.00 bits per heavy atom. The van der Waals surface area contributed by atoms with Crippen molar-refractivity contribution in [3.63, 3.8) is 0 Å². The fraction of sp³-hybridized carbons (Fsp3) is 0.583. The van der Waals surface area contributed by atoms with Crippen molar-refractivity contribution >= 4 is 23.6 Å². The van der Waals surface area contributed by atoms with E-state index in [0.29, 0.717) is 11.7 Å². The second kappa shape index (κ2) is 5.24. The van der Waals surface area contributed by atoms with Gasteiger partial charge in [-0.3, -0.25) is 9.69 Å². The number of nitrogens with zero attached hydrogens (tertiary/aromatic N) is 3. The molecule has 98 valence electrons. The molecule has 0 spiro atoms. The maximum Gasteiger partial charge on any atom is 0.240 e. The molecule has 0 aromatic carbocycles. The quantitative estimate of drug-likeness (QED) is 0.887. The van der Waals surface area contributed by atoms with Crippen LogP contribution in [0.4, 0.5) is 5.95 Å². The van der Waals surface area contributed by atoms with Crippen molar-refractivity contribution in [2.24, 2.45) is 0 Å². The topological polar surface area (TPSA) is 66.3 Å². The van der Waals surface area contributed by atoms with E-state index in [1.165, 1.54) is 16.7 Å². The smallest absolute Gasteiger partial charge is 0.240 e. The highest BCUT2D eigenvalue weighted by atomic mass is 32.2. The normalized spacial score (nSPS) is 19.7. The van der Waals surface area contributed by atoms with E-state index in [0.717, 1.165) is 23.4 Å². The van der Waals surface area contributed by atoms with Crippen LogP contribution >= 0.6 is 11.8 Å². The maximum absolute atomic E-state index is 11.8. The minimum Gasteiger partial charge on any atom is -0.393 e. The zero-order valence-electron chi connectivity index (χ0n) is 10.8. The molecule has 0 saturated carbocycles. The average molecular weight is 267 g/mol. The van der Waals surface area contributed by atoms with Gasteiger partial charge in [-0.2, -0.15) is 0 Å². The Hall–Kier alpha value is -1.14. The number of carbonyl (C=O) groups is 1. The average Bonchev–Trinajstić information content (AvgIpc) is 2.70. The predicted octanol–water partition coefficient (Wildman–Crippen LogP) is 1.05. The fourth-order valence-electron chi connectivity index (χ4n) is 2.19. The van der Waals surface area contributed by atoms with Gasteiger partial charge in [0.25, 0.3) is 0 Å². The van der Waals surface area contributed by atoms with E-state index >= 15 is 0 Å². The van der Waals surface area contributed by atoms with Crippen LogP contribution in [-0.4, -0.2) is 38.7 Å². The number of rotatable bonds is 3. The van der Waals surface area contributed by atoms with Crippen LogP contribution in [0.5, 0.6) is 0 Å². The molecule has 2 heterocycles. The summed E-state index contributed by atoms with van der Waals surface area (Å²) in [5.41, 5.74) is 2.93. The number of carbonyl (C=O) groups excluding carboxylic acids is 1. The molecule has 1 aromatic rings. The highest BCUT2D eigenvalue weighted by molar-refractivity contribution is 8.01. The van der Waals surface area contributed by atoms with Crippen LogP contribution in [0.3, 0.4) is 0 Å². The Morgan fingerprint density at radius 3 is 2.50 bits per heavy atom. The summed E-state index contributed by atoms with van der Waals surface area (Å²) in [6.07, 6.45) is 0.879. The lowest BCUT2D eigenvalue weighted by atomic mass is 10.1. The van der Waals surface area contributed by atoms with E-state index < -0.39 is 0 Å². The van der Waals surface area contributed by atoms with Gasteiger partial charge in [0.2, 0.25) is 11.9 Å². The van der Waals surface area contributed by atoms with Crippen molar-refractivity contribution in [1.82, 2.24) is 9.97 Å². The van der Waals surface area contributed by atoms with Crippen LogP contribution in [0.15, 0.2) is 0 Å². The first-order valence-electron chi connectivity index (χ1n) is 5.97. The van der Waals surface area contributed by atoms with Gasteiger partial charge >= 0.3 is 0 Å². The highest BCUT2D eigenvalue weighted by Crippen LogP contribution is 2.29.